The van der Waals surface area contributed by atoms with Gasteiger partial charge >= 0.3 is 0 Å². The van der Waals surface area contributed by atoms with E-state index in [1.165, 1.54) is 6.92 Å². The highest BCUT2D eigenvalue weighted by Gasteiger charge is 2.32. The lowest BCUT2D eigenvalue weighted by Crippen LogP contribution is -2.24. The van der Waals surface area contributed by atoms with E-state index in [0.717, 1.165) is 12.8 Å². The first-order valence-corrected chi connectivity index (χ1v) is 6.86. The molecule has 1 aliphatic rings. The van der Waals surface area contributed by atoms with Crippen molar-refractivity contribution in [1.82, 2.24) is 0 Å². The number of hydrogen-bond acceptors (Lipinski definition) is 3. The Hall–Kier alpha value is -1.06. The highest BCUT2D eigenvalue weighted by atomic mass is 35.5. The van der Waals surface area contributed by atoms with Crippen LogP contribution < -0.4 is 4.74 Å². The molecule has 0 aliphatic carbocycles. The Labute approximate surface area is 118 Å². The number of halogens is 1. The minimum absolute atomic E-state index is 0.0508. The predicted molar refractivity (Wildman–Crippen MR) is 75.1 cm³/mol. The third kappa shape index (κ3) is 3.71. The van der Waals surface area contributed by atoms with Gasteiger partial charge < -0.3 is 9.47 Å². The standard InChI is InChI=1S/C15H19ClO3/c1-10(17)13-8-11(16)4-5-14(13)18-9-12-6-7-15(2,3)19-12/h4-5,8,12H,6-7,9H2,1-3H3. The molecular formula is C15H19ClO3. The fraction of sp³-hybridized carbons (Fsp3) is 0.533. The van der Waals surface area contributed by atoms with Gasteiger partial charge in [0.25, 0.3) is 0 Å². The van der Waals surface area contributed by atoms with Crippen LogP contribution in [0, 0.1) is 0 Å². The summed E-state index contributed by atoms with van der Waals surface area (Å²) in [5, 5.41) is 0.538. The van der Waals surface area contributed by atoms with Crippen LogP contribution in [0.25, 0.3) is 0 Å². The van der Waals surface area contributed by atoms with Gasteiger partial charge in [-0.25, -0.2) is 0 Å². The van der Waals surface area contributed by atoms with Crippen LogP contribution in [0.4, 0.5) is 0 Å². The molecule has 1 saturated heterocycles. The van der Waals surface area contributed by atoms with Crippen molar-refractivity contribution < 1.29 is 14.3 Å². The van der Waals surface area contributed by atoms with E-state index in [4.69, 9.17) is 21.1 Å². The second kappa shape index (κ2) is 5.51. The van der Waals surface area contributed by atoms with Gasteiger partial charge in [0.05, 0.1) is 17.3 Å². The lowest BCUT2D eigenvalue weighted by molar-refractivity contribution is -0.0327. The van der Waals surface area contributed by atoms with E-state index in [9.17, 15) is 4.79 Å². The highest BCUT2D eigenvalue weighted by Crippen LogP contribution is 2.30. The van der Waals surface area contributed by atoms with E-state index in [1.54, 1.807) is 18.2 Å². The van der Waals surface area contributed by atoms with Gasteiger partial charge in [0.1, 0.15) is 12.4 Å². The van der Waals surface area contributed by atoms with Gasteiger partial charge in [-0.1, -0.05) is 11.6 Å². The lowest BCUT2D eigenvalue weighted by atomic mass is 10.1. The predicted octanol–water partition coefficient (Wildman–Crippen LogP) is 3.88. The summed E-state index contributed by atoms with van der Waals surface area (Å²) < 4.78 is 11.6. The molecule has 0 amide bonds. The maximum Gasteiger partial charge on any atom is 0.163 e. The molecule has 0 bridgehead atoms. The molecule has 1 aliphatic heterocycles. The van der Waals surface area contributed by atoms with Crippen molar-refractivity contribution in [2.45, 2.75) is 45.3 Å². The maximum absolute atomic E-state index is 11.5. The Bertz CT molecular complexity index is 482. The topological polar surface area (TPSA) is 35.5 Å². The molecule has 3 nitrogen and oxygen atoms in total. The summed E-state index contributed by atoms with van der Waals surface area (Å²) in [5.41, 5.74) is 0.446. The highest BCUT2D eigenvalue weighted by molar-refractivity contribution is 6.31. The van der Waals surface area contributed by atoms with Gasteiger partial charge in [0.2, 0.25) is 0 Å². The number of hydrogen-bond donors (Lipinski definition) is 0. The number of Topliss-reactive ketones (excluding diaryl/α,β-unsaturated/α-hetero) is 1. The number of carbonyl (C=O) groups excluding carboxylic acids is 1. The van der Waals surface area contributed by atoms with Crippen LogP contribution in [0.3, 0.4) is 0 Å². The lowest BCUT2D eigenvalue weighted by Gasteiger charge is -2.20. The van der Waals surface area contributed by atoms with E-state index >= 15 is 0 Å². The molecular weight excluding hydrogens is 264 g/mol. The van der Waals surface area contributed by atoms with Crippen LogP contribution in [0.5, 0.6) is 5.75 Å². The number of ketones is 1. The van der Waals surface area contributed by atoms with Crippen LogP contribution >= 0.6 is 11.6 Å². The fourth-order valence-electron chi connectivity index (χ4n) is 2.28. The SMILES string of the molecule is CC(=O)c1cc(Cl)ccc1OCC1CCC(C)(C)O1. The minimum atomic E-state index is -0.0720. The first-order chi connectivity index (χ1) is 8.87. The van der Waals surface area contributed by atoms with Gasteiger partial charge in [-0.15, -0.1) is 0 Å². The normalized spacial score (nSPS) is 21.4. The van der Waals surface area contributed by atoms with Crippen molar-refractivity contribution in [3.63, 3.8) is 0 Å². The molecule has 2 rings (SSSR count). The number of benzene rings is 1. The quantitative estimate of drug-likeness (QED) is 0.786. The number of rotatable bonds is 4. The molecule has 1 atom stereocenters. The third-order valence-electron chi connectivity index (χ3n) is 3.30. The van der Waals surface area contributed by atoms with E-state index in [2.05, 4.69) is 13.8 Å². The van der Waals surface area contributed by atoms with Crippen LogP contribution in [0.15, 0.2) is 18.2 Å². The van der Waals surface area contributed by atoms with E-state index in [0.29, 0.717) is 22.9 Å². The second-order valence-electron chi connectivity index (χ2n) is 5.55. The summed E-state index contributed by atoms with van der Waals surface area (Å²) in [5.74, 6) is 0.523. The molecule has 0 saturated carbocycles. The zero-order valence-electron chi connectivity index (χ0n) is 11.5. The summed E-state index contributed by atoms with van der Waals surface area (Å²) in [4.78, 5) is 11.5. The summed E-state index contributed by atoms with van der Waals surface area (Å²) >= 11 is 5.89. The molecule has 1 unspecified atom stereocenters. The summed E-state index contributed by atoms with van der Waals surface area (Å²) in [6, 6.07) is 5.10. The van der Waals surface area contributed by atoms with E-state index in [-0.39, 0.29) is 17.5 Å². The van der Waals surface area contributed by atoms with E-state index < -0.39 is 0 Å². The molecule has 104 valence electrons. The van der Waals surface area contributed by atoms with Crippen molar-refractivity contribution in [3.8, 4) is 5.75 Å². The first-order valence-electron chi connectivity index (χ1n) is 6.48. The van der Waals surface area contributed by atoms with E-state index in [1.807, 2.05) is 0 Å². The van der Waals surface area contributed by atoms with Crippen LogP contribution in [0.1, 0.15) is 44.0 Å². The van der Waals surface area contributed by atoms with Gasteiger partial charge in [-0.3, -0.25) is 4.79 Å². The Morgan fingerprint density at radius 1 is 1.53 bits per heavy atom. The van der Waals surface area contributed by atoms with Crippen LogP contribution in [-0.4, -0.2) is 24.1 Å². The Balaban J connectivity index is 2.02. The monoisotopic (exact) mass is 282 g/mol. The molecule has 1 aromatic rings. The Morgan fingerprint density at radius 3 is 2.84 bits per heavy atom. The molecule has 0 spiro atoms. The molecule has 1 aromatic carbocycles. The smallest absolute Gasteiger partial charge is 0.163 e. The fourth-order valence-corrected chi connectivity index (χ4v) is 2.45. The van der Waals surface area contributed by atoms with Crippen molar-refractivity contribution in [2.75, 3.05) is 6.61 Å². The number of carbonyl (C=O) groups is 1. The van der Waals surface area contributed by atoms with Crippen LogP contribution in [-0.2, 0) is 4.74 Å². The van der Waals surface area contributed by atoms with Crippen molar-refractivity contribution in [3.05, 3.63) is 28.8 Å². The molecule has 19 heavy (non-hydrogen) atoms. The summed E-state index contributed by atoms with van der Waals surface area (Å²) in [6.45, 7) is 6.13. The molecule has 0 radical (unpaired) electrons. The largest absolute Gasteiger partial charge is 0.490 e. The third-order valence-corrected chi connectivity index (χ3v) is 3.53. The zero-order chi connectivity index (χ0) is 14.0. The molecule has 0 aromatic heterocycles. The minimum Gasteiger partial charge on any atom is -0.490 e. The summed E-state index contributed by atoms with van der Waals surface area (Å²) in [6.07, 6.45) is 2.10. The maximum atomic E-state index is 11.5. The molecule has 0 N–H and O–H groups in total. The first kappa shape index (κ1) is 14.4. The average molecular weight is 283 g/mol. The van der Waals surface area contributed by atoms with Crippen molar-refractivity contribution >= 4 is 17.4 Å². The molecule has 1 fully saturated rings. The van der Waals surface area contributed by atoms with Gasteiger partial charge in [0.15, 0.2) is 5.78 Å². The zero-order valence-corrected chi connectivity index (χ0v) is 12.3. The Kier molecular flexibility index (Phi) is 4.16. The van der Waals surface area contributed by atoms with Gasteiger partial charge in [0, 0.05) is 5.02 Å². The van der Waals surface area contributed by atoms with Gasteiger partial charge in [-0.05, 0) is 51.8 Å². The molecule has 1 heterocycles. The summed E-state index contributed by atoms with van der Waals surface area (Å²) in [7, 11) is 0. The van der Waals surface area contributed by atoms with Crippen LogP contribution in [0.2, 0.25) is 5.02 Å². The second-order valence-corrected chi connectivity index (χ2v) is 5.98. The average Bonchev–Trinajstić information content (AvgIpc) is 2.67. The van der Waals surface area contributed by atoms with Gasteiger partial charge in [-0.2, -0.15) is 0 Å². The number of ether oxygens (including phenoxy) is 2. The van der Waals surface area contributed by atoms with Crippen molar-refractivity contribution in [1.29, 1.82) is 0 Å². The molecule has 4 heteroatoms. The van der Waals surface area contributed by atoms with Crippen molar-refractivity contribution in [2.24, 2.45) is 0 Å². The Morgan fingerprint density at radius 2 is 2.26 bits per heavy atom.